The Morgan fingerprint density at radius 1 is 1.25 bits per heavy atom. The second-order valence-corrected chi connectivity index (χ2v) is 4.23. The fraction of sp³-hybridized carbons (Fsp3) is 0.308. The molecule has 3 heteroatoms. The van der Waals surface area contributed by atoms with Crippen LogP contribution in [0.1, 0.15) is 25.5 Å². The van der Waals surface area contributed by atoms with Crippen molar-refractivity contribution in [3.8, 4) is 17.0 Å². The lowest BCUT2D eigenvalue weighted by atomic mass is 10.1. The average Bonchev–Trinajstić information content (AvgIpc) is 2.61. The minimum Gasteiger partial charge on any atom is -0.507 e. The fourth-order valence-electron chi connectivity index (χ4n) is 1.85. The number of benzene rings is 1. The van der Waals surface area contributed by atoms with Crippen LogP contribution in [0.4, 0.5) is 0 Å². The molecule has 0 spiro atoms. The molecule has 0 saturated heterocycles. The van der Waals surface area contributed by atoms with Crippen LogP contribution in [0.5, 0.6) is 5.75 Å². The first-order valence-electron chi connectivity index (χ1n) is 5.43. The van der Waals surface area contributed by atoms with Crippen LogP contribution in [-0.2, 0) is 0 Å². The van der Waals surface area contributed by atoms with Gasteiger partial charge < -0.3 is 5.11 Å². The maximum atomic E-state index is 9.87. The number of rotatable bonds is 2. The van der Waals surface area contributed by atoms with E-state index in [0.29, 0.717) is 5.75 Å². The zero-order valence-corrected chi connectivity index (χ0v) is 9.81. The number of phenolic OH excluding ortho intramolecular Hbond substituents is 1. The van der Waals surface area contributed by atoms with Crippen LogP contribution in [0, 0.1) is 6.92 Å². The van der Waals surface area contributed by atoms with E-state index >= 15 is 0 Å². The van der Waals surface area contributed by atoms with Crippen molar-refractivity contribution in [3.05, 3.63) is 36.0 Å². The van der Waals surface area contributed by atoms with Gasteiger partial charge in [0.2, 0.25) is 0 Å². The van der Waals surface area contributed by atoms with Crippen molar-refractivity contribution < 1.29 is 5.11 Å². The summed E-state index contributed by atoms with van der Waals surface area (Å²) in [5, 5.41) is 14.2. The van der Waals surface area contributed by atoms with Crippen molar-refractivity contribution in [1.29, 1.82) is 0 Å². The summed E-state index contributed by atoms with van der Waals surface area (Å²) in [5.74, 6) is 0.299. The first-order valence-corrected chi connectivity index (χ1v) is 5.43. The number of aromatic hydroxyl groups is 1. The van der Waals surface area contributed by atoms with Crippen LogP contribution in [0.25, 0.3) is 11.3 Å². The van der Waals surface area contributed by atoms with Crippen molar-refractivity contribution in [2.45, 2.75) is 26.8 Å². The zero-order chi connectivity index (χ0) is 11.7. The van der Waals surface area contributed by atoms with Crippen LogP contribution in [0.3, 0.4) is 0 Å². The van der Waals surface area contributed by atoms with E-state index in [1.54, 1.807) is 6.07 Å². The molecule has 3 nitrogen and oxygen atoms in total. The highest BCUT2D eigenvalue weighted by Crippen LogP contribution is 2.32. The van der Waals surface area contributed by atoms with E-state index in [1.807, 2.05) is 36.0 Å². The summed E-state index contributed by atoms with van der Waals surface area (Å²) >= 11 is 0. The van der Waals surface area contributed by atoms with Gasteiger partial charge in [0.25, 0.3) is 0 Å². The number of hydrogen-bond donors (Lipinski definition) is 1. The highest BCUT2D eigenvalue weighted by Gasteiger charge is 2.14. The van der Waals surface area contributed by atoms with Crippen LogP contribution in [0.15, 0.2) is 30.5 Å². The molecule has 0 saturated carbocycles. The molecule has 0 atom stereocenters. The lowest BCUT2D eigenvalue weighted by Crippen LogP contribution is -2.05. The molecule has 1 N–H and O–H groups in total. The van der Waals surface area contributed by atoms with E-state index in [2.05, 4.69) is 18.9 Å². The average molecular weight is 216 g/mol. The molecule has 0 unspecified atom stereocenters. The smallest absolute Gasteiger partial charge is 0.124 e. The monoisotopic (exact) mass is 216 g/mol. The topological polar surface area (TPSA) is 38.0 Å². The Kier molecular flexibility index (Phi) is 2.69. The van der Waals surface area contributed by atoms with Crippen molar-refractivity contribution >= 4 is 0 Å². The molecular formula is C13H16N2O. The van der Waals surface area contributed by atoms with Crippen molar-refractivity contribution in [2.24, 2.45) is 0 Å². The first kappa shape index (κ1) is 10.7. The van der Waals surface area contributed by atoms with Crippen LogP contribution >= 0.6 is 0 Å². The molecule has 0 aliphatic rings. The maximum Gasteiger partial charge on any atom is 0.124 e. The lowest BCUT2D eigenvalue weighted by Gasteiger charge is -2.13. The lowest BCUT2D eigenvalue weighted by molar-refractivity contribution is 0.474. The number of aryl methyl sites for hydroxylation is 1. The van der Waals surface area contributed by atoms with Gasteiger partial charge in [0.15, 0.2) is 0 Å². The summed E-state index contributed by atoms with van der Waals surface area (Å²) in [6, 6.07) is 7.64. The van der Waals surface area contributed by atoms with E-state index in [4.69, 9.17) is 0 Å². The van der Waals surface area contributed by atoms with Crippen molar-refractivity contribution in [2.75, 3.05) is 0 Å². The van der Waals surface area contributed by atoms with Crippen molar-refractivity contribution in [3.63, 3.8) is 0 Å². The molecule has 1 aromatic carbocycles. The summed E-state index contributed by atoms with van der Waals surface area (Å²) in [5.41, 5.74) is 2.91. The number of aromatic nitrogens is 2. The molecule has 0 amide bonds. The third-order valence-corrected chi connectivity index (χ3v) is 2.63. The molecule has 16 heavy (non-hydrogen) atoms. The van der Waals surface area contributed by atoms with E-state index < -0.39 is 0 Å². The summed E-state index contributed by atoms with van der Waals surface area (Å²) in [7, 11) is 0. The molecule has 1 aromatic heterocycles. The number of hydrogen-bond acceptors (Lipinski definition) is 2. The third-order valence-electron chi connectivity index (χ3n) is 2.63. The molecule has 0 fully saturated rings. The highest BCUT2D eigenvalue weighted by atomic mass is 16.3. The van der Waals surface area contributed by atoms with Crippen LogP contribution < -0.4 is 0 Å². The number of nitrogens with zero attached hydrogens (tertiary/aromatic N) is 2. The van der Waals surface area contributed by atoms with E-state index in [0.717, 1.165) is 16.8 Å². The van der Waals surface area contributed by atoms with Crippen LogP contribution in [0.2, 0.25) is 0 Å². The molecule has 2 aromatic rings. The number of phenols is 1. The standard InChI is InChI=1S/C13H16N2O/c1-9(2)15-13(10(3)8-14-15)11-6-4-5-7-12(11)16/h4-9,16H,1-3H3. The molecule has 0 bridgehead atoms. The normalized spacial score (nSPS) is 11.0. The second kappa shape index (κ2) is 4.00. The molecule has 1 heterocycles. The van der Waals surface area contributed by atoms with E-state index in [-0.39, 0.29) is 6.04 Å². The van der Waals surface area contributed by atoms with Crippen LogP contribution in [-0.4, -0.2) is 14.9 Å². The summed E-state index contributed by atoms with van der Waals surface area (Å²) in [4.78, 5) is 0. The van der Waals surface area contributed by atoms with Gasteiger partial charge in [0.05, 0.1) is 11.9 Å². The van der Waals surface area contributed by atoms with Crippen molar-refractivity contribution in [1.82, 2.24) is 9.78 Å². The molecule has 2 rings (SSSR count). The molecule has 0 aliphatic carbocycles. The largest absolute Gasteiger partial charge is 0.507 e. The minimum atomic E-state index is 0.281. The van der Waals surface area contributed by atoms with Gasteiger partial charge in [0, 0.05) is 11.6 Å². The second-order valence-electron chi connectivity index (χ2n) is 4.23. The summed E-state index contributed by atoms with van der Waals surface area (Å²) in [6.45, 7) is 6.17. The van der Waals surface area contributed by atoms with Gasteiger partial charge in [0.1, 0.15) is 5.75 Å². The fourth-order valence-corrected chi connectivity index (χ4v) is 1.85. The maximum absolute atomic E-state index is 9.87. The SMILES string of the molecule is Cc1cnn(C(C)C)c1-c1ccccc1O. The van der Waals surface area contributed by atoms with Gasteiger partial charge in [-0.1, -0.05) is 12.1 Å². The quantitative estimate of drug-likeness (QED) is 0.837. The Hall–Kier alpha value is -1.77. The molecule has 0 radical (unpaired) electrons. The minimum absolute atomic E-state index is 0.281. The summed E-state index contributed by atoms with van der Waals surface area (Å²) < 4.78 is 1.93. The van der Waals surface area contributed by atoms with E-state index in [9.17, 15) is 5.11 Å². The first-order chi connectivity index (χ1) is 7.61. The summed E-state index contributed by atoms with van der Waals surface area (Å²) in [6.07, 6.45) is 1.84. The Bertz CT molecular complexity index is 500. The van der Waals surface area contributed by atoms with Gasteiger partial charge in [-0.25, -0.2) is 0 Å². The van der Waals surface area contributed by atoms with E-state index in [1.165, 1.54) is 0 Å². The Balaban J connectivity index is 2.64. The molecule has 84 valence electrons. The highest BCUT2D eigenvalue weighted by molar-refractivity contribution is 5.69. The Morgan fingerprint density at radius 2 is 1.94 bits per heavy atom. The van der Waals surface area contributed by atoms with Gasteiger partial charge in [-0.3, -0.25) is 4.68 Å². The zero-order valence-electron chi connectivity index (χ0n) is 9.81. The predicted octanol–water partition coefficient (Wildman–Crippen LogP) is 3.15. The van der Waals surface area contributed by atoms with Gasteiger partial charge in [-0.15, -0.1) is 0 Å². The van der Waals surface area contributed by atoms with Gasteiger partial charge >= 0.3 is 0 Å². The Morgan fingerprint density at radius 3 is 2.56 bits per heavy atom. The van der Waals surface area contributed by atoms with Gasteiger partial charge in [-0.2, -0.15) is 5.10 Å². The molecule has 0 aliphatic heterocycles. The predicted molar refractivity (Wildman–Crippen MR) is 64.4 cm³/mol. The van der Waals surface area contributed by atoms with Gasteiger partial charge in [-0.05, 0) is 38.5 Å². The third kappa shape index (κ3) is 1.69. The Labute approximate surface area is 95.3 Å². The molecular weight excluding hydrogens is 200 g/mol. The number of para-hydroxylation sites is 1.